The zero-order chi connectivity index (χ0) is 56.9. The molecule has 0 amide bonds. The van der Waals surface area contributed by atoms with Crippen molar-refractivity contribution >= 4 is 25.2 Å². The molecule has 436 valence electrons. The van der Waals surface area contributed by atoms with Crippen LogP contribution in [-0.4, -0.2) is 87.1 Å². The van der Waals surface area contributed by atoms with Crippen molar-refractivity contribution in [2.24, 2.45) is 5.92 Å². The molecule has 80 heavy (non-hydrogen) atoms. The molecule has 0 radical (unpaired) electrons. The van der Waals surface area contributed by atoms with E-state index in [-0.39, 0.29) is 44.7 Å². The van der Waals surface area contributed by atoms with E-state index in [1.54, 1.807) is 27.2 Å². The number of rotatable bonds is 40. The van der Waals surface area contributed by atoms with Gasteiger partial charge < -0.3 is 33.8 Å². The Morgan fingerprint density at radius 3 is 1.80 bits per heavy atom. The number of phosphoric acid groups is 1. The van der Waals surface area contributed by atoms with Crippen molar-refractivity contribution in [1.82, 2.24) is 9.55 Å². The van der Waals surface area contributed by atoms with Crippen molar-refractivity contribution in [2.45, 2.75) is 153 Å². The molecule has 14 nitrogen and oxygen atoms in total. The van der Waals surface area contributed by atoms with Gasteiger partial charge in [0.05, 0.1) is 46.5 Å². The molecule has 0 saturated carbocycles. The highest BCUT2D eigenvalue weighted by Gasteiger charge is 2.55. The highest BCUT2D eigenvalue weighted by Crippen LogP contribution is 2.53. The highest BCUT2D eigenvalue weighted by atomic mass is 35.5. The van der Waals surface area contributed by atoms with Crippen molar-refractivity contribution in [3.8, 4) is 11.5 Å². The molecule has 6 atom stereocenters. The second-order valence-corrected chi connectivity index (χ2v) is 22.6. The number of benzene rings is 4. The Hall–Kier alpha value is -5.14. The van der Waals surface area contributed by atoms with Gasteiger partial charge in [-0.3, -0.25) is 18.1 Å². The van der Waals surface area contributed by atoms with Crippen LogP contribution in [0.3, 0.4) is 0 Å². The number of ether oxygens (including phenoxy) is 5. The quantitative estimate of drug-likeness (QED) is 0.0131. The van der Waals surface area contributed by atoms with Gasteiger partial charge >= 0.3 is 13.5 Å². The van der Waals surface area contributed by atoms with E-state index in [2.05, 4.69) is 22.1 Å². The first-order valence-corrected chi connectivity index (χ1v) is 30.7. The summed E-state index contributed by atoms with van der Waals surface area (Å²) < 4.78 is 79.6. The Morgan fingerprint density at radius 2 is 1.27 bits per heavy atom. The molecule has 1 aliphatic heterocycles. The molecule has 2 heterocycles. The van der Waals surface area contributed by atoms with Gasteiger partial charge in [-0.1, -0.05) is 195 Å². The Kier molecular flexibility index (Phi) is 27.5. The fourth-order valence-corrected chi connectivity index (χ4v) is 11.7. The minimum atomic E-state index is -4.49. The van der Waals surface area contributed by atoms with E-state index in [1.807, 2.05) is 109 Å². The van der Waals surface area contributed by atoms with E-state index in [0.29, 0.717) is 18.1 Å². The molecule has 0 bridgehead atoms. The van der Waals surface area contributed by atoms with Crippen molar-refractivity contribution in [2.75, 3.05) is 65.0 Å². The molecule has 0 spiro atoms. The summed E-state index contributed by atoms with van der Waals surface area (Å²) in [6.45, 7) is 10.9. The average Bonchev–Trinajstić information content (AvgIpc) is 3.76. The molecular formula is C63H85ClFN4O10P. The minimum Gasteiger partial charge on any atom is -0.497 e. The van der Waals surface area contributed by atoms with Crippen LogP contribution in [0.25, 0.3) is 4.85 Å². The van der Waals surface area contributed by atoms with E-state index >= 15 is 4.39 Å². The summed E-state index contributed by atoms with van der Waals surface area (Å²) in [6.07, 6.45) is 17.9. The molecular weight excluding hydrogens is 1060 g/mol. The second-order valence-electron chi connectivity index (χ2n) is 20.7. The van der Waals surface area contributed by atoms with Crippen LogP contribution in [0.4, 0.5) is 10.2 Å². The van der Waals surface area contributed by atoms with Gasteiger partial charge in [0.2, 0.25) is 6.54 Å². The average molecular weight is 1140 g/mol. The number of unbranched alkanes of at least 4 members (excludes halogenated alkanes) is 15. The highest BCUT2D eigenvalue weighted by molar-refractivity contribution is 7.48. The zero-order valence-electron chi connectivity index (χ0n) is 47.5. The molecule has 1 aliphatic rings. The number of nitrogens with one attached hydrogen (secondary N) is 1. The third kappa shape index (κ3) is 19.0. The number of hydrogen-bond donors (Lipinski definition) is 1. The second kappa shape index (κ2) is 34.3. The molecule has 17 heteroatoms. The Labute approximate surface area is 479 Å². The van der Waals surface area contributed by atoms with E-state index < -0.39 is 55.7 Å². The smallest absolute Gasteiger partial charge is 0.475 e. The fourth-order valence-electron chi connectivity index (χ4n) is 10.0. The molecule has 1 unspecified atom stereocenters. The maximum absolute atomic E-state index is 16.7. The van der Waals surface area contributed by atoms with Crippen LogP contribution < -0.4 is 20.5 Å². The van der Waals surface area contributed by atoms with Crippen LogP contribution in [-0.2, 0) is 44.5 Å². The van der Waals surface area contributed by atoms with E-state index in [4.69, 9.17) is 55.4 Å². The summed E-state index contributed by atoms with van der Waals surface area (Å²) in [4.78, 5) is 22.0. The van der Waals surface area contributed by atoms with Gasteiger partial charge in [0.25, 0.3) is 0 Å². The summed E-state index contributed by atoms with van der Waals surface area (Å²) in [7, 11) is -1.29. The lowest BCUT2D eigenvalue weighted by Crippen LogP contribution is -2.43. The largest absolute Gasteiger partial charge is 0.497 e. The number of anilines is 1. The molecule has 1 aromatic heterocycles. The molecule has 1 saturated heterocycles. The molecule has 1 N–H and O–H groups in total. The Morgan fingerprint density at radius 1 is 0.738 bits per heavy atom. The number of halogens is 2. The third-order valence-corrected chi connectivity index (χ3v) is 16.8. The van der Waals surface area contributed by atoms with Gasteiger partial charge in [-0.25, -0.2) is 20.3 Å². The van der Waals surface area contributed by atoms with Gasteiger partial charge in [-0.2, -0.15) is 4.98 Å². The van der Waals surface area contributed by atoms with E-state index in [1.165, 1.54) is 89.7 Å². The van der Waals surface area contributed by atoms with Gasteiger partial charge in [0.1, 0.15) is 41.2 Å². The predicted octanol–water partition coefficient (Wildman–Crippen LogP) is 15.1. The first-order valence-electron chi connectivity index (χ1n) is 28.7. The number of hydrogen-bond acceptors (Lipinski definition) is 12. The maximum Gasteiger partial charge on any atom is 0.475 e. The van der Waals surface area contributed by atoms with Gasteiger partial charge in [-0.05, 0) is 59.0 Å². The van der Waals surface area contributed by atoms with Crippen molar-refractivity contribution in [1.29, 1.82) is 0 Å². The molecule has 6 rings (SSSR count). The Balaban J connectivity index is 1.08. The minimum absolute atomic E-state index is 0.122. The molecule has 5 aromatic rings. The zero-order valence-corrected chi connectivity index (χ0v) is 49.1. The number of methoxy groups -OCH3 is 2. The van der Waals surface area contributed by atoms with Crippen LogP contribution in [0.5, 0.6) is 11.5 Å². The SMILES string of the molecule is [C-]#[N+]CCOP(=O)(OC[C@H](COCCCCCCCCCCCCCCCCCC)OCc1ccccc1)OC[C@@]1(CCl)O[C@@H](n2ccc(NC(c3ccccc3)(c3ccc(OC)cc3)c3ccc(OC)cc3)nc2=O)[C@H](F)[C@@H]1C. The fraction of sp³-hybridized carbons (Fsp3) is 0.540. The lowest BCUT2D eigenvalue weighted by atomic mass is 9.77. The van der Waals surface area contributed by atoms with Crippen LogP contribution in [0, 0.1) is 12.5 Å². The first kappa shape index (κ1) is 64.0. The normalized spacial score (nSPS) is 18.3. The third-order valence-electron chi connectivity index (χ3n) is 14.9. The summed E-state index contributed by atoms with van der Waals surface area (Å²) >= 11 is 6.63. The number of phosphoric ester groups is 1. The summed E-state index contributed by atoms with van der Waals surface area (Å²) in [6, 6.07) is 36.2. The van der Waals surface area contributed by atoms with Gasteiger partial charge in [0, 0.05) is 18.7 Å². The lowest BCUT2D eigenvalue weighted by molar-refractivity contribution is -0.103. The van der Waals surface area contributed by atoms with Crippen LogP contribution in [0.2, 0.25) is 0 Å². The van der Waals surface area contributed by atoms with Crippen molar-refractivity contribution in [3.05, 3.63) is 166 Å². The van der Waals surface area contributed by atoms with Crippen molar-refractivity contribution < 1.29 is 46.2 Å². The molecule has 0 aliphatic carbocycles. The summed E-state index contributed by atoms with van der Waals surface area (Å²) in [5.41, 5.74) is -0.125. The summed E-state index contributed by atoms with van der Waals surface area (Å²) in [5.74, 6) is 0.221. The Bertz CT molecular complexity index is 2620. The molecule has 4 aromatic carbocycles. The lowest BCUT2D eigenvalue weighted by Gasteiger charge is -2.37. The van der Waals surface area contributed by atoms with Crippen LogP contribution in [0.1, 0.15) is 145 Å². The van der Waals surface area contributed by atoms with E-state index in [9.17, 15) is 9.36 Å². The number of aromatic nitrogens is 2. The topological polar surface area (TPSA) is 142 Å². The monoisotopic (exact) mass is 1140 g/mol. The van der Waals surface area contributed by atoms with E-state index in [0.717, 1.165) is 46.1 Å². The number of alkyl halides is 2. The number of nitrogens with zero attached hydrogens (tertiary/aromatic N) is 3. The maximum atomic E-state index is 16.7. The molecule has 1 fully saturated rings. The predicted molar refractivity (Wildman–Crippen MR) is 314 cm³/mol. The van der Waals surface area contributed by atoms with Crippen LogP contribution >= 0.6 is 19.4 Å². The van der Waals surface area contributed by atoms with Crippen LogP contribution in [0.15, 0.2) is 126 Å². The van der Waals surface area contributed by atoms with Gasteiger partial charge in [-0.15, -0.1) is 11.6 Å². The summed E-state index contributed by atoms with van der Waals surface area (Å²) in [5, 5.41) is 3.58. The van der Waals surface area contributed by atoms with Gasteiger partial charge in [0.15, 0.2) is 12.4 Å². The van der Waals surface area contributed by atoms with Crippen molar-refractivity contribution in [3.63, 3.8) is 0 Å². The standard InChI is InChI=1S/C63H85ClFN4O10P/c1-6-7-8-9-10-11-12-13-14-15-16-17-18-19-20-27-43-74-46-57(75-45-51-28-23-21-24-29-51)47-77-80(71,76-44-41-66-3)78-49-62(48-64)50(2)59(65)60(79-62)69-42-40-58(67-61(69)70)68-63(52-30-25-22-26-31-52,53-32-36-55(72-4)37-33-53)54-34-38-56(73-5)39-35-54/h21-26,28-40,42,50,57,59-60H,6-20,27,41,43-49H2,1-2,4-5H3,(H,67,68,70)/t50-,57-,59+,60+,62+,80?/m0/s1. The first-order chi connectivity index (χ1) is 39.0.